The molecule has 8 heteroatoms. The summed E-state index contributed by atoms with van der Waals surface area (Å²) in [6, 6.07) is 7.24. The van der Waals surface area contributed by atoms with Gasteiger partial charge in [0.1, 0.15) is 18.0 Å². The highest BCUT2D eigenvalue weighted by Gasteiger charge is 2.35. The van der Waals surface area contributed by atoms with Crippen LogP contribution in [0.4, 0.5) is 0 Å². The molecule has 0 fully saturated rings. The summed E-state index contributed by atoms with van der Waals surface area (Å²) in [5, 5.41) is 25.8. The van der Waals surface area contributed by atoms with Gasteiger partial charge in [-0.15, -0.1) is 0 Å². The van der Waals surface area contributed by atoms with E-state index in [-0.39, 0.29) is 25.1 Å². The van der Waals surface area contributed by atoms with Crippen molar-refractivity contribution in [1.29, 1.82) is 0 Å². The Morgan fingerprint density at radius 3 is 2.82 bits per heavy atom. The number of carbonyl (C=O) groups excluding carboxylic acids is 1. The van der Waals surface area contributed by atoms with E-state index < -0.39 is 12.2 Å². The number of aliphatic hydroxyl groups excluding tert-OH is 2. The molecule has 156 valence electrons. The average molecular weight is 504 g/mol. The first kappa shape index (κ1) is 23.1. The third-order valence-corrected chi connectivity index (χ3v) is 5.31. The van der Waals surface area contributed by atoms with Gasteiger partial charge in [-0.25, -0.2) is 0 Å². The van der Waals surface area contributed by atoms with Crippen LogP contribution in [0, 0.1) is 3.57 Å². The number of nitrogens with one attached hydrogen (secondary N) is 2. The van der Waals surface area contributed by atoms with Gasteiger partial charge in [-0.3, -0.25) is 4.79 Å². The molecule has 0 bridgehead atoms. The SMILES string of the molecule is CCOCCCN[C@@H]1CC(C(=O)NCCO)=C[C@H](Oc2ccccc2I)[C@H]1O. The Kier molecular flexibility index (Phi) is 10.2. The molecular weight excluding hydrogens is 475 g/mol. The molecule has 0 aliphatic heterocycles. The lowest BCUT2D eigenvalue weighted by molar-refractivity contribution is -0.118. The Balaban J connectivity index is 2.10. The Morgan fingerprint density at radius 1 is 1.32 bits per heavy atom. The van der Waals surface area contributed by atoms with Crippen molar-refractivity contribution in [2.75, 3.05) is 32.9 Å². The summed E-state index contributed by atoms with van der Waals surface area (Å²) in [5.41, 5.74) is 0.539. The summed E-state index contributed by atoms with van der Waals surface area (Å²) in [6.45, 7) is 4.01. The number of carbonyl (C=O) groups is 1. The molecule has 2 rings (SSSR count). The van der Waals surface area contributed by atoms with Gasteiger partial charge in [-0.2, -0.15) is 0 Å². The molecule has 1 aliphatic carbocycles. The standard InChI is InChI=1S/C20H29IN2O5/c1-2-27-11-5-8-22-16-12-14(20(26)23-9-10-24)13-18(19(16)25)28-17-7-4-3-6-15(17)21/h3-4,6-7,13,16,18-19,22,24-25H,2,5,8-12H2,1H3,(H,23,26)/t16-,18+,19+/m1/s1. The van der Waals surface area contributed by atoms with Crippen molar-refractivity contribution in [3.05, 3.63) is 39.5 Å². The third-order valence-electron chi connectivity index (χ3n) is 4.42. The van der Waals surface area contributed by atoms with Crippen molar-refractivity contribution >= 4 is 28.5 Å². The second-order valence-corrected chi connectivity index (χ2v) is 7.65. The molecule has 28 heavy (non-hydrogen) atoms. The third kappa shape index (κ3) is 7.00. The monoisotopic (exact) mass is 504 g/mol. The van der Waals surface area contributed by atoms with Gasteiger partial charge in [0.05, 0.1) is 10.2 Å². The molecule has 3 atom stereocenters. The lowest BCUT2D eigenvalue weighted by Crippen LogP contribution is -2.52. The highest BCUT2D eigenvalue weighted by Crippen LogP contribution is 2.27. The Hall–Kier alpha value is -1.20. The molecule has 1 aromatic rings. The zero-order chi connectivity index (χ0) is 20.4. The molecule has 0 heterocycles. The second kappa shape index (κ2) is 12.4. The zero-order valence-corrected chi connectivity index (χ0v) is 18.2. The zero-order valence-electron chi connectivity index (χ0n) is 16.1. The van der Waals surface area contributed by atoms with Crippen LogP contribution in [0.2, 0.25) is 0 Å². The van der Waals surface area contributed by atoms with Crippen LogP contribution >= 0.6 is 22.6 Å². The summed E-state index contributed by atoms with van der Waals surface area (Å²) < 4.78 is 12.3. The smallest absolute Gasteiger partial charge is 0.247 e. The van der Waals surface area contributed by atoms with E-state index >= 15 is 0 Å². The van der Waals surface area contributed by atoms with E-state index in [4.69, 9.17) is 14.6 Å². The topological polar surface area (TPSA) is 100 Å². The molecule has 7 nitrogen and oxygen atoms in total. The summed E-state index contributed by atoms with van der Waals surface area (Å²) in [7, 11) is 0. The summed E-state index contributed by atoms with van der Waals surface area (Å²) in [5.74, 6) is 0.411. The molecule has 4 N–H and O–H groups in total. The van der Waals surface area contributed by atoms with Gasteiger partial charge >= 0.3 is 0 Å². The van der Waals surface area contributed by atoms with E-state index in [1.54, 1.807) is 6.08 Å². The number of aliphatic hydroxyl groups is 2. The molecule has 0 saturated heterocycles. The van der Waals surface area contributed by atoms with Crippen molar-refractivity contribution < 1.29 is 24.5 Å². The maximum atomic E-state index is 12.4. The molecule has 0 spiro atoms. The molecule has 0 saturated carbocycles. The Labute approximate surface area is 179 Å². The van der Waals surface area contributed by atoms with Crippen LogP contribution in [0.1, 0.15) is 19.8 Å². The quantitative estimate of drug-likeness (QED) is 0.267. The fourth-order valence-electron chi connectivity index (χ4n) is 2.99. The predicted molar refractivity (Wildman–Crippen MR) is 115 cm³/mol. The number of ether oxygens (including phenoxy) is 2. The molecule has 1 aromatic carbocycles. The molecule has 0 unspecified atom stereocenters. The molecule has 1 aliphatic rings. The van der Waals surface area contributed by atoms with Crippen molar-refractivity contribution in [1.82, 2.24) is 10.6 Å². The van der Waals surface area contributed by atoms with Crippen molar-refractivity contribution in [2.24, 2.45) is 0 Å². The lowest BCUT2D eigenvalue weighted by atomic mass is 9.89. The summed E-state index contributed by atoms with van der Waals surface area (Å²) >= 11 is 2.18. The highest BCUT2D eigenvalue weighted by molar-refractivity contribution is 14.1. The number of benzene rings is 1. The summed E-state index contributed by atoms with van der Waals surface area (Å²) in [4.78, 5) is 12.4. The first-order valence-corrected chi connectivity index (χ1v) is 10.6. The Bertz CT molecular complexity index is 655. The van der Waals surface area contributed by atoms with Crippen LogP contribution in [0.3, 0.4) is 0 Å². The first-order chi connectivity index (χ1) is 13.6. The van der Waals surface area contributed by atoms with Gasteiger partial charge in [0.15, 0.2) is 0 Å². The number of rotatable bonds is 11. The van der Waals surface area contributed by atoms with Crippen molar-refractivity contribution in [3.63, 3.8) is 0 Å². The van der Waals surface area contributed by atoms with Crippen LogP contribution < -0.4 is 15.4 Å². The van der Waals surface area contributed by atoms with Gasteiger partial charge in [0.25, 0.3) is 0 Å². The van der Waals surface area contributed by atoms with Crippen LogP contribution in [0.15, 0.2) is 35.9 Å². The van der Waals surface area contributed by atoms with Gasteiger partial charge in [-0.1, -0.05) is 12.1 Å². The van der Waals surface area contributed by atoms with Gasteiger partial charge in [-0.05, 0) is 67.1 Å². The van der Waals surface area contributed by atoms with Crippen molar-refractivity contribution in [3.8, 4) is 5.75 Å². The van der Waals surface area contributed by atoms with E-state index in [1.807, 2.05) is 31.2 Å². The number of hydrogen-bond acceptors (Lipinski definition) is 6. The lowest BCUT2D eigenvalue weighted by Gasteiger charge is -2.34. The minimum atomic E-state index is -0.794. The normalized spacial score (nSPS) is 21.9. The van der Waals surface area contributed by atoms with Crippen LogP contribution in [0.5, 0.6) is 5.75 Å². The fourth-order valence-corrected chi connectivity index (χ4v) is 3.51. The van der Waals surface area contributed by atoms with Gasteiger partial charge in [0, 0.05) is 31.4 Å². The van der Waals surface area contributed by atoms with E-state index in [2.05, 4.69) is 33.2 Å². The van der Waals surface area contributed by atoms with Crippen LogP contribution in [0.25, 0.3) is 0 Å². The largest absolute Gasteiger partial charge is 0.482 e. The van der Waals surface area contributed by atoms with Gasteiger partial charge < -0.3 is 30.3 Å². The molecule has 0 radical (unpaired) electrons. The summed E-state index contributed by atoms with van der Waals surface area (Å²) in [6.07, 6.45) is 1.44. The maximum Gasteiger partial charge on any atom is 0.247 e. The minimum Gasteiger partial charge on any atom is -0.482 e. The molecule has 1 amide bonds. The van der Waals surface area contributed by atoms with E-state index in [1.165, 1.54) is 0 Å². The van der Waals surface area contributed by atoms with E-state index in [0.717, 1.165) is 9.99 Å². The highest BCUT2D eigenvalue weighted by atomic mass is 127. The number of hydrogen-bond donors (Lipinski definition) is 4. The average Bonchev–Trinajstić information content (AvgIpc) is 2.70. The van der Waals surface area contributed by atoms with E-state index in [9.17, 15) is 9.90 Å². The van der Waals surface area contributed by atoms with E-state index in [0.29, 0.717) is 37.5 Å². The molecule has 0 aromatic heterocycles. The number of amides is 1. The number of para-hydroxylation sites is 1. The predicted octanol–water partition coefficient (Wildman–Crippen LogP) is 1.22. The maximum absolute atomic E-state index is 12.4. The molecular formula is C20H29IN2O5. The Morgan fingerprint density at radius 2 is 2.11 bits per heavy atom. The second-order valence-electron chi connectivity index (χ2n) is 6.49. The first-order valence-electron chi connectivity index (χ1n) is 9.57. The fraction of sp³-hybridized carbons (Fsp3) is 0.550. The van der Waals surface area contributed by atoms with Crippen LogP contribution in [-0.2, 0) is 9.53 Å². The van der Waals surface area contributed by atoms with Crippen LogP contribution in [-0.4, -0.2) is 67.3 Å². The number of halogens is 1. The van der Waals surface area contributed by atoms with Crippen molar-refractivity contribution in [2.45, 2.75) is 38.0 Å². The van der Waals surface area contributed by atoms with Gasteiger partial charge in [0.2, 0.25) is 5.91 Å². The minimum absolute atomic E-state index is 0.122.